The predicted molar refractivity (Wildman–Crippen MR) is 158 cm³/mol. The van der Waals surface area contributed by atoms with Crippen LogP contribution in [0.5, 0.6) is 0 Å². The molecule has 182 valence electrons. The molecule has 0 aliphatic rings. The van der Waals surface area contributed by atoms with E-state index < -0.39 is 0 Å². The van der Waals surface area contributed by atoms with Gasteiger partial charge in [0, 0.05) is 45.0 Å². The van der Waals surface area contributed by atoms with Gasteiger partial charge in [0.25, 0.3) is 0 Å². The standard InChI is InChI=1S/C34H20N4O/c1-2-9-21(10-3-1)37-26-14-6-4-12-24(26)32-33(37)31-25-19-35-18-17-27(25)38(29(31)20-36-32)28-15-8-13-23-22-11-5-7-16-30(22)39-34(23)28/h1-20H. The van der Waals surface area contributed by atoms with E-state index in [-0.39, 0.29) is 0 Å². The minimum atomic E-state index is 0.859. The van der Waals surface area contributed by atoms with Crippen LogP contribution in [0.2, 0.25) is 0 Å². The van der Waals surface area contributed by atoms with Crippen LogP contribution in [0.1, 0.15) is 0 Å². The van der Waals surface area contributed by atoms with Crippen molar-refractivity contribution < 1.29 is 4.42 Å². The largest absolute Gasteiger partial charge is 0.454 e. The van der Waals surface area contributed by atoms with Gasteiger partial charge in [-0.3, -0.25) is 9.97 Å². The third-order valence-electron chi connectivity index (χ3n) is 7.84. The van der Waals surface area contributed by atoms with Crippen molar-refractivity contribution in [2.75, 3.05) is 0 Å². The molecule has 9 aromatic rings. The summed E-state index contributed by atoms with van der Waals surface area (Å²) in [5.74, 6) is 0. The second kappa shape index (κ2) is 7.55. The quantitative estimate of drug-likeness (QED) is 0.239. The molecule has 9 rings (SSSR count). The van der Waals surface area contributed by atoms with Crippen molar-refractivity contribution in [1.82, 2.24) is 19.1 Å². The molecular weight excluding hydrogens is 480 g/mol. The van der Waals surface area contributed by atoms with Gasteiger partial charge in [0.15, 0.2) is 5.58 Å². The van der Waals surface area contributed by atoms with Gasteiger partial charge in [-0.1, -0.05) is 66.7 Å². The molecule has 39 heavy (non-hydrogen) atoms. The van der Waals surface area contributed by atoms with Crippen LogP contribution in [0.3, 0.4) is 0 Å². The molecule has 0 aliphatic carbocycles. The second-order valence-corrected chi connectivity index (χ2v) is 9.88. The normalized spacial score (nSPS) is 12.1. The van der Waals surface area contributed by atoms with Gasteiger partial charge >= 0.3 is 0 Å². The lowest BCUT2D eigenvalue weighted by Gasteiger charge is -2.09. The van der Waals surface area contributed by atoms with Crippen molar-refractivity contribution in [3.8, 4) is 11.4 Å². The highest BCUT2D eigenvalue weighted by Crippen LogP contribution is 2.42. The van der Waals surface area contributed by atoms with Gasteiger partial charge in [0.05, 0.1) is 39.5 Å². The third kappa shape index (κ3) is 2.68. The van der Waals surface area contributed by atoms with Crippen molar-refractivity contribution in [1.29, 1.82) is 0 Å². The third-order valence-corrected chi connectivity index (χ3v) is 7.84. The zero-order valence-corrected chi connectivity index (χ0v) is 20.7. The van der Waals surface area contributed by atoms with E-state index in [0.29, 0.717) is 0 Å². The summed E-state index contributed by atoms with van der Waals surface area (Å²) in [5, 5.41) is 5.53. The van der Waals surface area contributed by atoms with Gasteiger partial charge in [-0.25, -0.2) is 0 Å². The van der Waals surface area contributed by atoms with E-state index in [1.807, 2.05) is 30.7 Å². The Hall–Kier alpha value is -5.42. The van der Waals surface area contributed by atoms with E-state index in [0.717, 1.165) is 77.1 Å². The molecular formula is C34H20N4O. The first-order chi connectivity index (χ1) is 19.4. The highest BCUT2D eigenvalue weighted by Gasteiger charge is 2.23. The van der Waals surface area contributed by atoms with Crippen molar-refractivity contribution in [2.24, 2.45) is 0 Å². The molecule has 0 aliphatic heterocycles. The Morgan fingerprint density at radius 1 is 0.564 bits per heavy atom. The first-order valence-electron chi connectivity index (χ1n) is 13.0. The number of para-hydroxylation sites is 4. The van der Waals surface area contributed by atoms with Crippen LogP contribution in [0.15, 0.2) is 126 Å². The number of benzene rings is 4. The Kier molecular flexibility index (Phi) is 3.99. The molecule has 5 nitrogen and oxygen atoms in total. The zero-order valence-electron chi connectivity index (χ0n) is 20.7. The van der Waals surface area contributed by atoms with Crippen molar-refractivity contribution >= 4 is 65.7 Å². The predicted octanol–water partition coefficient (Wildman–Crippen LogP) is 8.57. The fourth-order valence-corrected chi connectivity index (χ4v) is 6.25. The summed E-state index contributed by atoms with van der Waals surface area (Å²) in [7, 11) is 0. The van der Waals surface area contributed by atoms with Gasteiger partial charge < -0.3 is 13.6 Å². The van der Waals surface area contributed by atoms with Gasteiger partial charge in [0.1, 0.15) is 5.58 Å². The summed E-state index contributed by atoms with van der Waals surface area (Å²) in [5.41, 5.74) is 9.08. The maximum Gasteiger partial charge on any atom is 0.159 e. The zero-order chi connectivity index (χ0) is 25.5. The molecule has 0 saturated carbocycles. The average molecular weight is 501 g/mol. The Morgan fingerprint density at radius 2 is 1.33 bits per heavy atom. The summed E-state index contributed by atoms with van der Waals surface area (Å²) in [6, 6.07) is 35.7. The smallest absolute Gasteiger partial charge is 0.159 e. The molecule has 5 heterocycles. The average Bonchev–Trinajstić information content (AvgIpc) is 3.65. The highest BCUT2D eigenvalue weighted by molar-refractivity contribution is 6.25. The molecule has 5 aromatic heterocycles. The molecule has 0 spiro atoms. The van der Waals surface area contributed by atoms with Crippen LogP contribution in [0, 0.1) is 0 Å². The van der Waals surface area contributed by atoms with Crippen molar-refractivity contribution in [2.45, 2.75) is 0 Å². The van der Waals surface area contributed by atoms with Gasteiger partial charge in [-0.2, -0.15) is 0 Å². The van der Waals surface area contributed by atoms with E-state index in [1.54, 1.807) is 0 Å². The molecule has 0 amide bonds. The first kappa shape index (κ1) is 20.6. The van der Waals surface area contributed by atoms with Crippen LogP contribution in [-0.2, 0) is 0 Å². The fraction of sp³-hybridized carbons (Fsp3) is 0. The van der Waals surface area contributed by atoms with Gasteiger partial charge in [-0.15, -0.1) is 0 Å². The summed E-state index contributed by atoms with van der Waals surface area (Å²) < 4.78 is 11.1. The minimum Gasteiger partial charge on any atom is -0.454 e. The summed E-state index contributed by atoms with van der Waals surface area (Å²) in [6.45, 7) is 0. The van der Waals surface area contributed by atoms with Crippen LogP contribution in [0.25, 0.3) is 77.1 Å². The molecule has 0 fully saturated rings. The Labute approximate surface area is 222 Å². The van der Waals surface area contributed by atoms with Crippen LogP contribution in [-0.4, -0.2) is 19.1 Å². The number of aromatic nitrogens is 4. The molecule has 0 unspecified atom stereocenters. The molecule has 4 aromatic carbocycles. The lowest BCUT2D eigenvalue weighted by atomic mass is 10.1. The van der Waals surface area contributed by atoms with E-state index in [2.05, 4.69) is 105 Å². The molecule has 0 radical (unpaired) electrons. The molecule has 0 atom stereocenters. The maximum atomic E-state index is 6.47. The summed E-state index contributed by atoms with van der Waals surface area (Å²) in [4.78, 5) is 9.66. The minimum absolute atomic E-state index is 0.859. The number of hydrogen-bond acceptors (Lipinski definition) is 3. The summed E-state index contributed by atoms with van der Waals surface area (Å²) in [6.07, 6.45) is 5.83. The van der Waals surface area contributed by atoms with E-state index in [1.165, 1.54) is 0 Å². The number of hydrogen-bond donors (Lipinski definition) is 0. The lowest BCUT2D eigenvalue weighted by Crippen LogP contribution is -1.96. The number of fused-ring (bicyclic) bond motifs is 10. The number of pyridine rings is 2. The lowest BCUT2D eigenvalue weighted by molar-refractivity contribution is 0.666. The monoisotopic (exact) mass is 500 g/mol. The van der Waals surface area contributed by atoms with Gasteiger partial charge in [0.2, 0.25) is 0 Å². The highest BCUT2D eigenvalue weighted by atomic mass is 16.3. The molecule has 0 N–H and O–H groups in total. The Balaban J connectivity index is 1.51. The molecule has 0 saturated heterocycles. The maximum absolute atomic E-state index is 6.47. The topological polar surface area (TPSA) is 48.8 Å². The van der Waals surface area contributed by atoms with Crippen molar-refractivity contribution in [3.63, 3.8) is 0 Å². The van der Waals surface area contributed by atoms with Gasteiger partial charge in [-0.05, 0) is 36.4 Å². The van der Waals surface area contributed by atoms with E-state index in [4.69, 9.17) is 9.40 Å². The van der Waals surface area contributed by atoms with Crippen LogP contribution < -0.4 is 0 Å². The van der Waals surface area contributed by atoms with Crippen molar-refractivity contribution in [3.05, 3.63) is 122 Å². The SMILES string of the molecule is c1ccc(-n2c3ccccc3c3ncc4c(c5cnccc5n4-c4cccc5c4oc4ccccc45)c32)cc1. The molecule has 0 bridgehead atoms. The number of nitrogens with zero attached hydrogens (tertiary/aromatic N) is 4. The van der Waals surface area contributed by atoms with E-state index >= 15 is 0 Å². The van der Waals surface area contributed by atoms with Crippen LogP contribution >= 0.6 is 0 Å². The summed E-state index contributed by atoms with van der Waals surface area (Å²) >= 11 is 0. The van der Waals surface area contributed by atoms with E-state index in [9.17, 15) is 0 Å². The second-order valence-electron chi connectivity index (χ2n) is 9.88. The first-order valence-corrected chi connectivity index (χ1v) is 13.0. The fourth-order valence-electron chi connectivity index (χ4n) is 6.25. The Bertz CT molecular complexity index is 2390. The molecule has 5 heteroatoms. The number of rotatable bonds is 2. The Morgan fingerprint density at radius 3 is 2.26 bits per heavy atom. The van der Waals surface area contributed by atoms with Crippen LogP contribution in [0.4, 0.5) is 0 Å². The number of furan rings is 1.